The Morgan fingerprint density at radius 1 is 0.974 bits per heavy atom. The van der Waals surface area contributed by atoms with Crippen LogP contribution in [0.4, 0.5) is 11.4 Å². The van der Waals surface area contributed by atoms with E-state index in [-0.39, 0.29) is 41.0 Å². The van der Waals surface area contributed by atoms with Gasteiger partial charge in [-0.1, -0.05) is 64.5 Å². The van der Waals surface area contributed by atoms with Gasteiger partial charge in [-0.2, -0.15) is 0 Å². The van der Waals surface area contributed by atoms with Crippen molar-refractivity contribution in [2.75, 3.05) is 23.8 Å². The maximum atomic E-state index is 14.0. The van der Waals surface area contributed by atoms with Crippen molar-refractivity contribution in [3.63, 3.8) is 0 Å². The van der Waals surface area contributed by atoms with Crippen molar-refractivity contribution in [2.24, 2.45) is 11.8 Å². The lowest BCUT2D eigenvalue weighted by Gasteiger charge is -2.35. The molecular formula is C29H28BrN3O4S. The number of hydrogen-bond donors (Lipinski definition) is 3. The molecule has 3 amide bonds. The molecular weight excluding hydrogens is 566 g/mol. The second-order valence-corrected chi connectivity index (χ2v) is 12.9. The van der Waals surface area contributed by atoms with E-state index in [9.17, 15) is 19.5 Å². The highest BCUT2D eigenvalue weighted by Crippen LogP contribution is 2.67. The third-order valence-electron chi connectivity index (χ3n) is 7.96. The molecule has 9 heteroatoms. The van der Waals surface area contributed by atoms with E-state index in [4.69, 9.17) is 0 Å². The van der Waals surface area contributed by atoms with Crippen LogP contribution in [-0.2, 0) is 14.4 Å². The van der Waals surface area contributed by atoms with Gasteiger partial charge in [0.15, 0.2) is 0 Å². The largest absolute Gasteiger partial charge is 0.396 e. The zero-order valence-electron chi connectivity index (χ0n) is 20.5. The predicted octanol–water partition coefficient (Wildman–Crippen LogP) is 4.26. The molecule has 0 aliphatic carbocycles. The van der Waals surface area contributed by atoms with Crippen molar-refractivity contribution >= 4 is 67.6 Å². The molecule has 3 unspecified atom stereocenters. The summed E-state index contributed by atoms with van der Waals surface area (Å²) < 4.78 is -0.731. The third kappa shape index (κ3) is 4.12. The Bertz CT molecular complexity index is 1400. The Morgan fingerprint density at radius 2 is 1.68 bits per heavy atom. The van der Waals surface area contributed by atoms with Gasteiger partial charge in [-0.05, 0) is 47.9 Å². The number of fused-ring (bicyclic) bond motifs is 2. The number of benzene rings is 3. The Balaban J connectivity index is 1.33. The smallest absolute Gasteiger partial charge is 0.248 e. The van der Waals surface area contributed by atoms with Crippen molar-refractivity contribution in [1.29, 1.82) is 0 Å². The van der Waals surface area contributed by atoms with Gasteiger partial charge < -0.3 is 20.6 Å². The molecule has 3 aliphatic heterocycles. The molecule has 3 aromatic rings. The van der Waals surface area contributed by atoms with E-state index in [1.807, 2.05) is 72.8 Å². The second-order valence-electron chi connectivity index (χ2n) is 10.2. The molecule has 6 rings (SSSR count). The maximum absolute atomic E-state index is 14.0. The molecule has 7 nitrogen and oxygen atoms in total. The van der Waals surface area contributed by atoms with E-state index < -0.39 is 22.6 Å². The fourth-order valence-electron chi connectivity index (χ4n) is 6.44. The molecule has 3 fully saturated rings. The minimum Gasteiger partial charge on any atom is -0.396 e. The highest BCUT2D eigenvalue weighted by atomic mass is 79.9. The number of aliphatic hydroxyl groups is 1. The molecule has 3 N–H and O–H groups in total. The monoisotopic (exact) mass is 593 g/mol. The van der Waals surface area contributed by atoms with E-state index in [1.54, 1.807) is 16.7 Å². The normalized spacial score (nSPS) is 29.5. The van der Waals surface area contributed by atoms with Crippen LogP contribution in [0.3, 0.4) is 0 Å². The summed E-state index contributed by atoms with van der Waals surface area (Å²) in [6, 6.07) is 22.2. The number of carbonyl (C=O) groups is 3. The van der Waals surface area contributed by atoms with Crippen LogP contribution in [0.1, 0.15) is 12.8 Å². The van der Waals surface area contributed by atoms with Crippen LogP contribution < -0.4 is 10.6 Å². The minimum atomic E-state index is -0.748. The number of thioether (sulfide) groups is 1. The van der Waals surface area contributed by atoms with Crippen LogP contribution in [0.2, 0.25) is 0 Å². The third-order valence-corrected chi connectivity index (χ3v) is 11.2. The number of halogens is 1. The minimum absolute atomic E-state index is 0.00293. The van der Waals surface area contributed by atoms with Gasteiger partial charge >= 0.3 is 0 Å². The standard InChI is InChI=1S/C29H28BrN3O4S/c30-21-16-29-23(22(24(21)38-29)26(35)31-19-9-2-1-3-10-19)28(37)33(13-6-14-34)25(29)27(36)32-20-12-11-17-7-4-5-8-18(17)15-20/h1-5,7-12,15,21-25,34H,6,13-14,16H2,(H,31,35)(H,32,36)/t21?,22-,23-,24-,25?,29?/m0/s1. The van der Waals surface area contributed by atoms with Gasteiger partial charge in [-0.3, -0.25) is 14.4 Å². The second kappa shape index (κ2) is 10.0. The first-order valence-corrected chi connectivity index (χ1v) is 14.6. The molecule has 1 spiro atoms. The van der Waals surface area contributed by atoms with Gasteiger partial charge in [0, 0.05) is 34.6 Å². The molecule has 3 saturated heterocycles. The maximum Gasteiger partial charge on any atom is 0.248 e. The number of nitrogens with zero attached hydrogens (tertiary/aromatic N) is 1. The lowest BCUT2D eigenvalue weighted by molar-refractivity contribution is -0.138. The van der Waals surface area contributed by atoms with Crippen LogP contribution in [0.25, 0.3) is 10.8 Å². The van der Waals surface area contributed by atoms with E-state index in [2.05, 4.69) is 26.6 Å². The van der Waals surface area contributed by atoms with E-state index in [1.165, 1.54) is 0 Å². The first kappa shape index (κ1) is 25.4. The molecule has 0 saturated carbocycles. The zero-order valence-corrected chi connectivity index (χ0v) is 23.0. The molecule has 0 aromatic heterocycles. The lowest BCUT2D eigenvalue weighted by Crippen LogP contribution is -2.52. The van der Waals surface area contributed by atoms with Gasteiger partial charge in [0.2, 0.25) is 17.7 Å². The van der Waals surface area contributed by atoms with Crippen LogP contribution in [0.15, 0.2) is 72.8 Å². The summed E-state index contributed by atoms with van der Waals surface area (Å²) in [6.45, 7) is 0.170. The Labute approximate surface area is 233 Å². The summed E-state index contributed by atoms with van der Waals surface area (Å²) in [6.07, 6.45) is 0.973. The number of para-hydroxylation sites is 1. The number of amides is 3. The van der Waals surface area contributed by atoms with Crippen molar-refractivity contribution in [1.82, 2.24) is 4.90 Å². The highest BCUT2D eigenvalue weighted by molar-refractivity contribution is 9.09. The van der Waals surface area contributed by atoms with Gasteiger partial charge in [0.25, 0.3) is 0 Å². The average molecular weight is 595 g/mol. The van der Waals surface area contributed by atoms with E-state index >= 15 is 0 Å². The number of likely N-dealkylation sites (tertiary alicyclic amines) is 1. The Hall–Kier alpha value is -2.88. The zero-order chi connectivity index (χ0) is 26.4. The molecule has 3 aromatic carbocycles. The number of hydrogen-bond acceptors (Lipinski definition) is 5. The summed E-state index contributed by atoms with van der Waals surface area (Å²) in [5.41, 5.74) is 1.34. The predicted molar refractivity (Wildman–Crippen MR) is 153 cm³/mol. The summed E-state index contributed by atoms with van der Waals surface area (Å²) >= 11 is 5.38. The van der Waals surface area contributed by atoms with Crippen molar-refractivity contribution in [3.05, 3.63) is 72.8 Å². The molecule has 0 radical (unpaired) electrons. The Kier molecular flexibility index (Phi) is 6.70. The van der Waals surface area contributed by atoms with E-state index in [0.29, 0.717) is 24.2 Å². The number of anilines is 2. The van der Waals surface area contributed by atoms with Gasteiger partial charge in [0.1, 0.15) is 6.04 Å². The van der Waals surface area contributed by atoms with Crippen molar-refractivity contribution in [3.8, 4) is 0 Å². The van der Waals surface area contributed by atoms with Gasteiger partial charge in [-0.25, -0.2) is 0 Å². The molecule has 38 heavy (non-hydrogen) atoms. The number of carbonyl (C=O) groups excluding carboxylic acids is 3. The van der Waals surface area contributed by atoms with Crippen molar-refractivity contribution in [2.45, 2.75) is 33.7 Å². The highest BCUT2D eigenvalue weighted by Gasteiger charge is 2.75. The first-order valence-electron chi connectivity index (χ1n) is 12.8. The lowest BCUT2D eigenvalue weighted by atomic mass is 9.70. The quantitative estimate of drug-likeness (QED) is 0.355. The van der Waals surface area contributed by atoms with Crippen molar-refractivity contribution < 1.29 is 19.5 Å². The van der Waals surface area contributed by atoms with E-state index in [0.717, 1.165) is 10.8 Å². The van der Waals surface area contributed by atoms with Gasteiger partial charge in [0.05, 0.1) is 16.6 Å². The van der Waals surface area contributed by atoms with Crippen LogP contribution >= 0.6 is 27.7 Å². The first-order chi connectivity index (χ1) is 18.4. The number of nitrogens with one attached hydrogen (secondary N) is 2. The summed E-state index contributed by atoms with van der Waals surface area (Å²) in [5, 5.41) is 17.6. The summed E-state index contributed by atoms with van der Waals surface area (Å²) in [5.74, 6) is -1.82. The summed E-state index contributed by atoms with van der Waals surface area (Å²) in [4.78, 5) is 43.1. The molecule has 3 aliphatic rings. The van der Waals surface area contributed by atoms with Gasteiger partial charge in [-0.15, -0.1) is 11.8 Å². The number of aliphatic hydroxyl groups excluding tert-OH is 1. The molecule has 196 valence electrons. The SMILES string of the molecule is O=C(Nc1ccc2ccccc2c1)C1N(CCCO)C(=O)[C@@H]2[C@H](C(=O)Nc3ccccc3)[C@H]3SC12CC3Br. The van der Waals surface area contributed by atoms with Crippen LogP contribution in [-0.4, -0.2) is 61.7 Å². The topological polar surface area (TPSA) is 98.7 Å². The Morgan fingerprint density at radius 3 is 2.45 bits per heavy atom. The fraction of sp³-hybridized carbons (Fsp3) is 0.345. The molecule has 6 atom stereocenters. The van der Waals surface area contributed by atoms with Crippen LogP contribution in [0.5, 0.6) is 0 Å². The van der Waals surface area contributed by atoms with Crippen LogP contribution in [0, 0.1) is 11.8 Å². The number of rotatable bonds is 7. The fourth-order valence-corrected chi connectivity index (χ4v) is 10.0. The molecule has 2 bridgehead atoms. The molecule has 3 heterocycles. The number of alkyl halides is 1. The average Bonchev–Trinajstić information content (AvgIpc) is 3.51. The summed E-state index contributed by atoms with van der Waals surface area (Å²) in [7, 11) is 0.